The van der Waals surface area contributed by atoms with Gasteiger partial charge in [-0.25, -0.2) is 4.79 Å². The number of carbonyl (C=O) groups excluding carboxylic acids is 3. The van der Waals surface area contributed by atoms with Crippen molar-refractivity contribution in [2.75, 3.05) is 7.05 Å². The fourth-order valence-electron chi connectivity index (χ4n) is 6.16. The maximum absolute atomic E-state index is 14.5. The Morgan fingerprint density at radius 3 is 2.39 bits per heavy atom. The van der Waals surface area contributed by atoms with Crippen LogP contribution in [0.2, 0.25) is 10.0 Å². The number of hydrogen-bond acceptors (Lipinski definition) is 4. The van der Waals surface area contributed by atoms with Crippen molar-refractivity contribution in [2.45, 2.75) is 69.6 Å². The molecule has 1 heterocycles. The summed E-state index contributed by atoms with van der Waals surface area (Å²) in [7, 11) is 1.44. The lowest BCUT2D eigenvalue weighted by Gasteiger charge is -2.45. The number of carbonyl (C=O) groups is 4. The van der Waals surface area contributed by atoms with E-state index < -0.39 is 52.7 Å². The van der Waals surface area contributed by atoms with Gasteiger partial charge in [0.1, 0.15) is 17.6 Å². The maximum Gasteiger partial charge on any atom is 0.408 e. The van der Waals surface area contributed by atoms with Crippen LogP contribution < -0.4 is 11.1 Å². The van der Waals surface area contributed by atoms with E-state index in [2.05, 4.69) is 10.3 Å². The lowest BCUT2D eigenvalue weighted by Crippen LogP contribution is -2.67. The third-order valence-corrected chi connectivity index (χ3v) is 9.42. The average Bonchev–Trinajstić information content (AvgIpc) is 3.33. The van der Waals surface area contributed by atoms with Crippen LogP contribution in [0.25, 0.3) is 10.9 Å². The van der Waals surface area contributed by atoms with E-state index in [1.807, 2.05) is 6.07 Å². The molecule has 1 aliphatic rings. The predicted octanol–water partition coefficient (Wildman–Crippen LogP) is 5.48. The summed E-state index contributed by atoms with van der Waals surface area (Å²) in [6.45, 7) is 5.12. The van der Waals surface area contributed by atoms with Crippen LogP contribution in [0.1, 0.15) is 55.8 Å². The zero-order valence-electron chi connectivity index (χ0n) is 24.9. The number of alkyl halides is 1. The number of carboxylic acid groups (broad SMARTS) is 1. The van der Waals surface area contributed by atoms with Gasteiger partial charge in [0, 0.05) is 35.3 Å². The van der Waals surface area contributed by atoms with Gasteiger partial charge in [-0.2, -0.15) is 0 Å². The van der Waals surface area contributed by atoms with Crippen LogP contribution in [-0.2, 0) is 27.3 Å². The molecule has 1 unspecified atom stereocenters. The van der Waals surface area contributed by atoms with Crippen LogP contribution in [-0.4, -0.2) is 68.4 Å². The zero-order valence-corrected chi connectivity index (χ0v) is 27.1. The number of amides is 4. The molecule has 0 radical (unpaired) electrons. The Labute approximate surface area is 270 Å². The molecule has 1 aromatic heterocycles. The number of aryl methyl sites for hydroxylation is 1. The lowest BCUT2D eigenvalue weighted by molar-refractivity contribution is -0.147. The first-order valence-corrected chi connectivity index (χ1v) is 15.5. The number of halogens is 3. The molecule has 0 spiro atoms. The summed E-state index contributed by atoms with van der Waals surface area (Å²) in [5.41, 5.74) is 6.39. The normalized spacial score (nSPS) is 19.2. The van der Waals surface area contributed by atoms with Crippen molar-refractivity contribution >= 4 is 69.5 Å². The SMILES string of the molecule is CC[C@@H](C(N)=O)N(C)C(=O)[C@]1(NC(=O)[C@H](C(C)C)N(Cc2ccccc2)C(=O)O)CCc2[nH]c3c(Cl)cc(Cl)cc3c2C1Cl. The highest BCUT2D eigenvalue weighted by Gasteiger charge is 2.54. The van der Waals surface area contributed by atoms with Crippen molar-refractivity contribution in [3.8, 4) is 0 Å². The number of nitrogens with zero attached hydrogens (tertiary/aromatic N) is 2. The standard InChI is InChI=1S/C31H36Cl3N5O5/c1-5-22(27(35)40)38(4)29(42)31(12-11-21-23(26(31)34)19-13-18(32)14-20(33)24(19)36-21)37-28(41)25(16(2)3)39(30(43)44)15-17-9-7-6-8-10-17/h6-10,13-14,16,22,25-26,36H,5,11-12,15H2,1-4H3,(H2,35,40)(H,37,41)(H,43,44)/t22-,25-,26?,31-/m0/s1. The quantitative estimate of drug-likeness (QED) is 0.212. The Balaban J connectivity index is 1.84. The molecule has 4 rings (SSSR count). The lowest BCUT2D eigenvalue weighted by atomic mass is 9.77. The van der Waals surface area contributed by atoms with Crippen molar-refractivity contribution in [1.29, 1.82) is 0 Å². The van der Waals surface area contributed by atoms with Gasteiger partial charge in [0.25, 0.3) is 5.91 Å². The minimum atomic E-state index is -1.78. The zero-order chi connectivity index (χ0) is 32.5. The van der Waals surface area contributed by atoms with Crippen LogP contribution in [0, 0.1) is 5.92 Å². The second-order valence-corrected chi connectivity index (χ2v) is 12.8. The van der Waals surface area contributed by atoms with E-state index >= 15 is 0 Å². The summed E-state index contributed by atoms with van der Waals surface area (Å²) in [6, 6.07) is 10.0. The molecule has 1 aliphatic carbocycles. The summed E-state index contributed by atoms with van der Waals surface area (Å²) in [6.07, 6.45) is -0.731. The predicted molar refractivity (Wildman–Crippen MR) is 171 cm³/mol. The van der Waals surface area contributed by atoms with Crippen LogP contribution in [0.3, 0.4) is 0 Å². The average molecular weight is 665 g/mol. The van der Waals surface area contributed by atoms with Gasteiger partial charge in [-0.05, 0) is 42.9 Å². The first-order valence-electron chi connectivity index (χ1n) is 14.3. The Kier molecular flexibility index (Phi) is 10.1. The van der Waals surface area contributed by atoms with Gasteiger partial charge < -0.3 is 26.0 Å². The number of fused-ring (bicyclic) bond motifs is 3. The molecule has 0 aliphatic heterocycles. The van der Waals surface area contributed by atoms with Gasteiger partial charge in [0.15, 0.2) is 0 Å². The molecular weight excluding hydrogens is 629 g/mol. The third-order valence-electron chi connectivity index (χ3n) is 8.31. The number of likely N-dealkylation sites (N-methyl/N-ethyl adjacent to an activating group) is 1. The topological polar surface area (TPSA) is 149 Å². The molecule has 0 bridgehead atoms. The monoisotopic (exact) mass is 663 g/mol. The molecule has 2 aromatic carbocycles. The number of benzene rings is 2. The molecule has 44 heavy (non-hydrogen) atoms. The number of nitrogens with two attached hydrogens (primary N) is 1. The molecule has 5 N–H and O–H groups in total. The van der Waals surface area contributed by atoms with Crippen molar-refractivity contribution in [3.63, 3.8) is 0 Å². The van der Waals surface area contributed by atoms with Crippen LogP contribution in [0.4, 0.5) is 4.79 Å². The number of aromatic amines is 1. The van der Waals surface area contributed by atoms with Crippen LogP contribution in [0.5, 0.6) is 0 Å². The summed E-state index contributed by atoms with van der Waals surface area (Å²) in [5, 5.41) is 13.3. The second kappa shape index (κ2) is 13.3. The molecule has 0 saturated heterocycles. The van der Waals surface area contributed by atoms with Crippen LogP contribution >= 0.6 is 34.8 Å². The van der Waals surface area contributed by atoms with Crippen LogP contribution in [0.15, 0.2) is 42.5 Å². The molecule has 3 aromatic rings. The minimum Gasteiger partial charge on any atom is -0.465 e. The minimum absolute atomic E-state index is 0.0486. The number of aromatic nitrogens is 1. The third kappa shape index (κ3) is 6.20. The highest BCUT2D eigenvalue weighted by Crippen LogP contribution is 2.48. The molecular formula is C31H36Cl3N5O5. The van der Waals surface area contributed by atoms with Gasteiger partial charge in [-0.3, -0.25) is 19.3 Å². The molecule has 0 fully saturated rings. The molecule has 10 nitrogen and oxygen atoms in total. The molecule has 13 heteroatoms. The van der Waals surface area contributed by atoms with Crippen molar-refractivity contribution in [1.82, 2.24) is 20.1 Å². The number of nitrogens with one attached hydrogen (secondary N) is 2. The summed E-state index contributed by atoms with van der Waals surface area (Å²) in [5.74, 6) is -2.51. The van der Waals surface area contributed by atoms with E-state index in [0.29, 0.717) is 32.1 Å². The van der Waals surface area contributed by atoms with Gasteiger partial charge in [0.05, 0.1) is 15.9 Å². The van der Waals surface area contributed by atoms with E-state index in [1.165, 1.54) is 11.9 Å². The maximum atomic E-state index is 14.5. The largest absolute Gasteiger partial charge is 0.465 e. The highest BCUT2D eigenvalue weighted by atomic mass is 35.5. The number of H-pyrrole nitrogens is 1. The Bertz CT molecular complexity index is 1580. The first-order chi connectivity index (χ1) is 20.7. The summed E-state index contributed by atoms with van der Waals surface area (Å²) >= 11 is 20.1. The molecule has 4 amide bonds. The smallest absolute Gasteiger partial charge is 0.408 e. The fraction of sp³-hybridized carbons (Fsp3) is 0.419. The van der Waals surface area contributed by atoms with Crippen molar-refractivity contribution in [3.05, 3.63) is 69.3 Å². The first kappa shape index (κ1) is 33.4. The Hall–Kier alpha value is -3.47. The summed E-state index contributed by atoms with van der Waals surface area (Å²) < 4.78 is 0. The summed E-state index contributed by atoms with van der Waals surface area (Å²) in [4.78, 5) is 59.2. The van der Waals surface area contributed by atoms with E-state index in [-0.39, 0.29) is 25.8 Å². The number of primary amides is 1. The van der Waals surface area contributed by atoms with Crippen molar-refractivity contribution in [2.24, 2.45) is 11.7 Å². The van der Waals surface area contributed by atoms with Crippen molar-refractivity contribution < 1.29 is 24.3 Å². The second-order valence-electron chi connectivity index (χ2n) is 11.5. The number of rotatable bonds is 10. The van der Waals surface area contributed by atoms with Gasteiger partial charge in [0.2, 0.25) is 11.8 Å². The number of hydrogen-bond donors (Lipinski definition) is 4. The molecule has 0 saturated carbocycles. The van der Waals surface area contributed by atoms with Gasteiger partial charge in [-0.1, -0.05) is 74.3 Å². The Morgan fingerprint density at radius 2 is 1.82 bits per heavy atom. The molecule has 4 atom stereocenters. The molecule has 236 valence electrons. The van der Waals surface area contributed by atoms with E-state index in [0.717, 1.165) is 10.6 Å². The van der Waals surface area contributed by atoms with Gasteiger partial charge in [-0.15, -0.1) is 11.6 Å². The Morgan fingerprint density at radius 1 is 1.16 bits per heavy atom. The van der Waals surface area contributed by atoms with E-state index in [9.17, 15) is 24.3 Å². The highest BCUT2D eigenvalue weighted by molar-refractivity contribution is 6.38. The van der Waals surface area contributed by atoms with Gasteiger partial charge >= 0.3 is 6.09 Å². The fourth-order valence-corrected chi connectivity index (χ4v) is 7.20. The van der Waals surface area contributed by atoms with E-state index in [1.54, 1.807) is 57.2 Å². The van der Waals surface area contributed by atoms with E-state index in [4.69, 9.17) is 40.5 Å².